The Hall–Kier alpha value is -3.81. The van der Waals surface area contributed by atoms with Gasteiger partial charge in [0, 0.05) is 23.6 Å². The van der Waals surface area contributed by atoms with E-state index in [0.29, 0.717) is 11.1 Å². The fourth-order valence-corrected chi connectivity index (χ4v) is 3.54. The normalized spacial score (nSPS) is 11.6. The predicted octanol–water partition coefficient (Wildman–Crippen LogP) is 5.74. The third kappa shape index (κ3) is 4.23. The number of amides is 2. The lowest BCUT2D eigenvalue weighted by Crippen LogP contribution is -2.18. The van der Waals surface area contributed by atoms with Gasteiger partial charge in [-0.25, -0.2) is 0 Å². The molecule has 0 unspecified atom stereocenters. The Morgan fingerprint density at radius 3 is 2.52 bits per heavy atom. The Balaban J connectivity index is 1.64. The molecule has 158 valence electrons. The summed E-state index contributed by atoms with van der Waals surface area (Å²) in [6.07, 6.45) is -3.43. The molecule has 0 aliphatic carbocycles. The van der Waals surface area contributed by atoms with Gasteiger partial charge in [0.25, 0.3) is 0 Å². The number of halogens is 3. The summed E-state index contributed by atoms with van der Waals surface area (Å²) in [5.74, 6) is -1.11. The van der Waals surface area contributed by atoms with Gasteiger partial charge < -0.3 is 15.1 Å². The van der Waals surface area contributed by atoms with E-state index in [1.807, 2.05) is 30.3 Å². The summed E-state index contributed by atoms with van der Waals surface area (Å²) in [5, 5.41) is 7.26. The molecule has 0 atom stereocenters. The summed E-state index contributed by atoms with van der Waals surface area (Å²) in [6.45, 7) is 1.20. The third-order valence-corrected chi connectivity index (χ3v) is 4.81. The molecule has 31 heavy (non-hydrogen) atoms. The molecule has 4 rings (SSSR count). The van der Waals surface area contributed by atoms with Crippen molar-refractivity contribution in [2.75, 3.05) is 10.6 Å². The maximum atomic E-state index is 13.5. The van der Waals surface area contributed by atoms with Crippen LogP contribution in [0.5, 0.6) is 0 Å². The number of rotatable bonds is 4. The number of alkyl halides is 3. The Kier molecular flexibility index (Phi) is 5.14. The van der Waals surface area contributed by atoms with Crippen LogP contribution in [0.4, 0.5) is 24.5 Å². The van der Waals surface area contributed by atoms with Crippen LogP contribution in [0.25, 0.3) is 21.7 Å². The van der Waals surface area contributed by atoms with Gasteiger partial charge >= 0.3 is 6.18 Å². The molecule has 2 N–H and O–H groups in total. The van der Waals surface area contributed by atoms with Crippen LogP contribution in [0.15, 0.2) is 65.3 Å². The fraction of sp³-hybridized carbons (Fsp3) is 0.130. The SMILES string of the molecule is CC(=O)Nc1ccc(NC(=O)Cc2coc3ccc4ccccc4c23)c(C(F)(F)F)c1. The number of furan rings is 1. The minimum absolute atomic E-state index is 0.00915. The number of hydrogen-bond donors (Lipinski definition) is 2. The lowest BCUT2D eigenvalue weighted by atomic mass is 10.0. The Bertz CT molecular complexity index is 1310. The molecule has 0 aliphatic rings. The first-order valence-electron chi connectivity index (χ1n) is 9.39. The number of anilines is 2. The van der Waals surface area contributed by atoms with Crippen LogP contribution in [-0.2, 0) is 22.2 Å². The van der Waals surface area contributed by atoms with E-state index in [2.05, 4.69) is 10.6 Å². The molecule has 3 aromatic carbocycles. The van der Waals surface area contributed by atoms with Crippen molar-refractivity contribution in [3.05, 3.63) is 72.0 Å². The zero-order valence-electron chi connectivity index (χ0n) is 16.3. The van der Waals surface area contributed by atoms with Crippen LogP contribution in [0.2, 0.25) is 0 Å². The smallest absolute Gasteiger partial charge is 0.418 e. The standard InChI is InChI=1S/C23H17F3N2O3/c1-13(29)27-16-7-8-19(18(11-16)23(24,25)26)28-21(30)10-15-12-31-20-9-6-14-4-2-3-5-17(14)22(15)20/h2-9,11-12H,10H2,1H3,(H,27,29)(H,28,30). The highest BCUT2D eigenvalue weighted by Gasteiger charge is 2.34. The highest BCUT2D eigenvalue weighted by Crippen LogP contribution is 2.37. The van der Waals surface area contributed by atoms with Gasteiger partial charge in [0.05, 0.1) is 23.9 Å². The number of hydrogen-bond acceptors (Lipinski definition) is 3. The molecular formula is C23H17F3N2O3. The Labute approximate surface area is 174 Å². The summed E-state index contributed by atoms with van der Waals surface area (Å²) in [6, 6.07) is 14.5. The van der Waals surface area contributed by atoms with E-state index in [4.69, 9.17) is 4.42 Å². The van der Waals surface area contributed by atoms with Crippen LogP contribution < -0.4 is 10.6 Å². The van der Waals surface area contributed by atoms with Crippen molar-refractivity contribution < 1.29 is 27.2 Å². The van der Waals surface area contributed by atoms with E-state index < -0.39 is 23.6 Å². The quantitative estimate of drug-likeness (QED) is 0.437. The topological polar surface area (TPSA) is 71.3 Å². The molecule has 0 aliphatic heterocycles. The van der Waals surface area contributed by atoms with E-state index in [1.54, 1.807) is 6.07 Å². The molecule has 1 heterocycles. The van der Waals surface area contributed by atoms with Crippen molar-refractivity contribution in [2.24, 2.45) is 0 Å². The first-order chi connectivity index (χ1) is 14.7. The van der Waals surface area contributed by atoms with Crippen molar-refractivity contribution in [2.45, 2.75) is 19.5 Å². The van der Waals surface area contributed by atoms with Gasteiger partial charge in [0.15, 0.2) is 0 Å². The second-order valence-corrected chi connectivity index (χ2v) is 7.09. The zero-order chi connectivity index (χ0) is 22.2. The highest BCUT2D eigenvalue weighted by molar-refractivity contribution is 6.09. The summed E-state index contributed by atoms with van der Waals surface area (Å²) >= 11 is 0. The van der Waals surface area contributed by atoms with E-state index >= 15 is 0 Å². The molecule has 0 bridgehead atoms. The summed E-state index contributed by atoms with van der Waals surface area (Å²) < 4.78 is 46.0. The molecule has 0 saturated heterocycles. The molecule has 2 amide bonds. The van der Waals surface area contributed by atoms with Crippen LogP contribution in [0.1, 0.15) is 18.1 Å². The third-order valence-electron chi connectivity index (χ3n) is 4.81. The van der Waals surface area contributed by atoms with Gasteiger partial charge in [-0.2, -0.15) is 13.2 Å². The lowest BCUT2D eigenvalue weighted by Gasteiger charge is -2.15. The Morgan fingerprint density at radius 1 is 1.00 bits per heavy atom. The van der Waals surface area contributed by atoms with E-state index in [9.17, 15) is 22.8 Å². The first kappa shape index (κ1) is 20.5. The van der Waals surface area contributed by atoms with Crippen molar-refractivity contribution >= 4 is 44.9 Å². The molecule has 5 nitrogen and oxygen atoms in total. The molecular weight excluding hydrogens is 409 g/mol. The molecule has 0 spiro atoms. The second kappa shape index (κ2) is 7.79. The van der Waals surface area contributed by atoms with Gasteiger partial charge in [0.2, 0.25) is 11.8 Å². The van der Waals surface area contributed by atoms with Gasteiger partial charge in [-0.05, 0) is 35.0 Å². The van der Waals surface area contributed by atoms with E-state index in [-0.39, 0.29) is 17.8 Å². The number of carbonyl (C=O) groups excluding carboxylic acids is 2. The molecule has 0 fully saturated rings. The summed E-state index contributed by atoms with van der Waals surface area (Å²) in [4.78, 5) is 23.8. The van der Waals surface area contributed by atoms with E-state index in [0.717, 1.165) is 28.3 Å². The van der Waals surface area contributed by atoms with Crippen LogP contribution >= 0.6 is 0 Å². The maximum Gasteiger partial charge on any atom is 0.418 e. The number of benzene rings is 3. The lowest BCUT2D eigenvalue weighted by molar-refractivity contribution is -0.137. The van der Waals surface area contributed by atoms with Crippen molar-refractivity contribution in [3.8, 4) is 0 Å². The molecule has 8 heteroatoms. The maximum absolute atomic E-state index is 13.5. The number of fused-ring (bicyclic) bond motifs is 3. The highest BCUT2D eigenvalue weighted by atomic mass is 19.4. The van der Waals surface area contributed by atoms with Crippen LogP contribution in [0.3, 0.4) is 0 Å². The fourth-order valence-electron chi connectivity index (χ4n) is 3.54. The largest absolute Gasteiger partial charge is 0.464 e. The average Bonchev–Trinajstić information content (AvgIpc) is 3.11. The minimum atomic E-state index is -4.71. The summed E-state index contributed by atoms with van der Waals surface area (Å²) in [5.41, 5.74) is -0.270. The van der Waals surface area contributed by atoms with Gasteiger partial charge in [-0.15, -0.1) is 0 Å². The van der Waals surface area contributed by atoms with Gasteiger partial charge in [-0.1, -0.05) is 30.3 Å². The molecule has 0 radical (unpaired) electrons. The van der Waals surface area contributed by atoms with Gasteiger partial charge in [0.1, 0.15) is 5.58 Å². The Morgan fingerprint density at radius 2 is 1.77 bits per heavy atom. The monoisotopic (exact) mass is 426 g/mol. The predicted molar refractivity (Wildman–Crippen MR) is 112 cm³/mol. The first-order valence-corrected chi connectivity index (χ1v) is 9.39. The number of nitrogens with one attached hydrogen (secondary N) is 2. The van der Waals surface area contributed by atoms with Crippen molar-refractivity contribution in [3.63, 3.8) is 0 Å². The van der Waals surface area contributed by atoms with Gasteiger partial charge in [-0.3, -0.25) is 9.59 Å². The zero-order valence-corrected chi connectivity index (χ0v) is 16.3. The summed E-state index contributed by atoms with van der Waals surface area (Å²) in [7, 11) is 0. The minimum Gasteiger partial charge on any atom is -0.464 e. The van der Waals surface area contributed by atoms with Crippen LogP contribution in [-0.4, -0.2) is 11.8 Å². The van der Waals surface area contributed by atoms with E-state index in [1.165, 1.54) is 19.3 Å². The van der Waals surface area contributed by atoms with Crippen molar-refractivity contribution in [1.29, 1.82) is 0 Å². The second-order valence-electron chi connectivity index (χ2n) is 7.09. The molecule has 0 saturated carbocycles. The average molecular weight is 426 g/mol. The number of carbonyl (C=O) groups is 2. The van der Waals surface area contributed by atoms with Crippen molar-refractivity contribution in [1.82, 2.24) is 0 Å². The molecule has 4 aromatic rings. The van der Waals surface area contributed by atoms with Crippen LogP contribution in [0, 0.1) is 0 Å². The molecule has 1 aromatic heterocycles.